The molecule has 1 unspecified atom stereocenters. The zero-order valence-corrected chi connectivity index (χ0v) is 35.9. The Hall–Kier alpha value is -2.69. The highest BCUT2D eigenvalue weighted by Crippen LogP contribution is 2.17. The number of nitrogens with zero attached hydrogens (tertiary/aromatic N) is 1. The molecule has 1 aromatic rings. The minimum atomic E-state index is -0.445. The first kappa shape index (κ1) is 50.3. The lowest BCUT2D eigenvalue weighted by molar-refractivity contribution is -0.160. The van der Waals surface area contributed by atoms with E-state index < -0.39 is 12.4 Å². The largest absolute Gasteiger partial charge is 0.461 e. The zero-order chi connectivity index (χ0) is 40.4. The van der Waals surface area contributed by atoms with E-state index in [0.29, 0.717) is 39.0 Å². The van der Waals surface area contributed by atoms with Crippen molar-refractivity contribution in [2.75, 3.05) is 39.9 Å². The molecule has 0 aliphatic heterocycles. The fourth-order valence-corrected chi connectivity index (χ4v) is 6.27. The summed E-state index contributed by atoms with van der Waals surface area (Å²) < 4.78 is 29.2. The number of alkyl carbamates (subject to hydrolysis) is 1. The Bertz CT molecular complexity index is 1100. The first-order chi connectivity index (χ1) is 26.7. The maximum atomic E-state index is 12.8. The van der Waals surface area contributed by atoms with Crippen LogP contribution in [0.25, 0.3) is 0 Å². The second-order valence-electron chi connectivity index (χ2n) is 15.1. The van der Waals surface area contributed by atoms with Crippen LogP contribution in [-0.4, -0.2) is 75.2 Å². The molecule has 0 aliphatic rings. The summed E-state index contributed by atoms with van der Waals surface area (Å²) in [4.78, 5) is 40.1. The maximum Gasteiger partial charge on any atom is 0.407 e. The van der Waals surface area contributed by atoms with Crippen molar-refractivity contribution in [3.8, 4) is 0 Å². The quantitative estimate of drug-likeness (QED) is 0.0308. The molecule has 318 valence electrons. The van der Waals surface area contributed by atoms with Crippen LogP contribution in [0.4, 0.5) is 4.79 Å². The van der Waals surface area contributed by atoms with E-state index in [4.69, 9.17) is 23.7 Å². The number of carbonyl (C=O) groups excluding carboxylic acids is 3. The van der Waals surface area contributed by atoms with E-state index in [1.54, 1.807) is 0 Å². The van der Waals surface area contributed by atoms with Crippen molar-refractivity contribution in [2.24, 2.45) is 0 Å². The molecular weight excluding hydrogens is 697 g/mol. The van der Waals surface area contributed by atoms with Gasteiger partial charge in [-0.2, -0.15) is 0 Å². The van der Waals surface area contributed by atoms with Crippen LogP contribution in [0, 0.1) is 6.92 Å². The third-order valence-corrected chi connectivity index (χ3v) is 9.81. The molecule has 10 nitrogen and oxygen atoms in total. The Morgan fingerprint density at radius 3 is 1.65 bits per heavy atom. The lowest BCUT2D eigenvalue weighted by Gasteiger charge is -2.19. The van der Waals surface area contributed by atoms with E-state index in [0.717, 1.165) is 81.1 Å². The summed E-state index contributed by atoms with van der Waals surface area (Å²) in [6.45, 7) is 14.3. The summed E-state index contributed by atoms with van der Waals surface area (Å²) in [6, 6.07) is 5.84. The first-order valence-electron chi connectivity index (χ1n) is 22.0. The molecule has 1 N–H and O–H groups in total. The van der Waals surface area contributed by atoms with Gasteiger partial charge in [-0.05, 0) is 69.8 Å². The number of amides is 1. The summed E-state index contributed by atoms with van der Waals surface area (Å²) in [5.74, 6) is -0.632. The molecule has 0 saturated heterocycles. The third kappa shape index (κ3) is 29.2. The third-order valence-electron chi connectivity index (χ3n) is 9.81. The van der Waals surface area contributed by atoms with Gasteiger partial charge in [0.05, 0.1) is 6.42 Å². The molecule has 0 aromatic heterocycles. The van der Waals surface area contributed by atoms with Crippen molar-refractivity contribution in [3.05, 3.63) is 34.9 Å². The van der Waals surface area contributed by atoms with Gasteiger partial charge in [-0.25, -0.2) is 4.79 Å². The molecule has 10 heteroatoms. The van der Waals surface area contributed by atoms with Gasteiger partial charge in [0.1, 0.15) is 19.3 Å². The molecular formula is C45H80N2O8. The lowest BCUT2D eigenvalue weighted by Crippen LogP contribution is -2.35. The van der Waals surface area contributed by atoms with Gasteiger partial charge in [-0.3, -0.25) is 9.59 Å². The van der Waals surface area contributed by atoms with Crippen LogP contribution in [-0.2, 0) is 46.5 Å². The summed E-state index contributed by atoms with van der Waals surface area (Å²) in [5.41, 5.74) is 2.66. The molecule has 1 aromatic carbocycles. The van der Waals surface area contributed by atoms with E-state index in [2.05, 4.69) is 37.9 Å². The normalized spacial score (nSPS) is 11.9. The van der Waals surface area contributed by atoms with E-state index in [1.165, 1.54) is 51.4 Å². The highest BCUT2D eigenvalue weighted by Gasteiger charge is 2.18. The topological polar surface area (TPSA) is 113 Å². The molecule has 0 fully saturated rings. The van der Waals surface area contributed by atoms with E-state index in [9.17, 15) is 14.4 Å². The van der Waals surface area contributed by atoms with E-state index in [1.807, 2.05) is 32.2 Å². The van der Waals surface area contributed by atoms with Crippen molar-refractivity contribution < 1.29 is 38.1 Å². The second-order valence-corrected chi connectivity index (χ2v) is 15.1. The number of hydrogen-bond acceptors (Lipinski definition) is 9. The molecule has 0 spiro atoms. The van der Waals surface area contributed by atoms with Crippen molar-refractivity contribution in [2.45, 2.75) is 195 Å². The average molecular weight is 777 g/mol. The van der Waals surface area contributed by atoms with Crippen molar-refractivity contribution in [1.82, 2.24) is 10.2 Å². The van der Waals surface area contributed by atoms with Crippen LogP contribution in [0.2, 0.25) is 0 Å². The van der Waals surface area contributed by atoms with Crippen LogP contribution in [0.5, 0.6) is 0 Å². The monoisotopic (exact) mass is 777 g/mol. The van der Waals surface area contributed by atoms with Gasteiger partial charge in [0, 0.05) is 39.1 Å². The fraction of sp³-hybridized carbons (Fsp3) is 0.800. The van der Waals surface area contributed by atoms with Gasteiger partial charge in [0.2, 0.25) is 0 Å². The molecule has 1 amide bonds. The summed E-state index contributed by atoms with van der Waals surface area (Å²) in [7, 11) is 2.00. The summed E-state index contributed by atoms with van der Waals surface area (Å²) >= 11 is 0. The predicted molar refractivity (Wildman–Crippen MR) is 222 cm³/mol. The second kappa shape index (κ2) is 34.5. The highest BCUT2D eigenvalue weighted by molar-refractivity contribution is 5.70. The number of rotatable bonds is 36. The lowest BCUT2D eigenvalue weighted by atomic mass is 10.1. The summed E-state index contributed by atoms with van der Waals surface area (Å²) in [6.07, 6.45) is 19.4. The number of carbonyl (C=O) groups is 3. The number of hydrogen-bond donors (Lipinski definition) is 1. The van der Waals surface area contributed by atoms with Gasteiger partial charge in [0.15, 0.2) is 6.29 Å². The molecule has 0 heterocycles. The average Bonchev–Trinajstić information content (AvgIpc) is 3.17. The van der Waals surface area contributed by atoms with Crippen LogP contribution in [0.15, 0.2) is 18.2 Å². The first-order valence-corrected chi connectivity index (χ1v) is 22.0. The number of aryl methyl sites for hydroxylation is 1. The molecule has 0 aliphatic carbocycles. The van der Waals surface area contributed by atoms with Crippen LogP contribution < -0.4 is 5.32 Å². The number of ether oxygens (including phenoxy) is 5. The standard InChI is InChI=1S/C45H80N2O8/c1-7-11-14-17-19-22-31-51-44(52-32-23-20-18-15-12-8-2)28-27-43(49)54-37-40-34-38(5)33-39(35-40)36-53-42(48)26-25-41(24-21-16-13-9-3)55-45(50)46-29-30-47(6)10-4/h33-35,41,44H,7-32,36-37H2,1-6H3,(H,46,50). The Balaban J connectivity index is 2.58. The number of nitrogens with one attached hydrogen (secondary N) is 1. The number of esters is 2. The van der Waals surface area contributed by atoms with Crippen LogP contribution in [0.1, 0.15) is 179 Å². The van der Waals surface area contributed by atoms with E-state index >= 15 is 0 Å². The molecule has 0 bridgehead atoms. The van der Waals surface area contributed by atoms with Crippen molar-refractivity contribution in [1.29, 1.82) is 0 Å². The van der Waals surface area contributed by atoms with Gasteiger partial charge in [-0.15, -0.1) is 0 Å². The predicted octanol–water partition coefficient (Wildman–Crippen LogP) is 10.7. The molecule has 1 atom stereocenters. The minimum Gasteiger partial charge on any atom is -0.461 e. The van der Waals surface area contributed by atoms with Crippen LogP contribution in [0.3, 0.4) is 0 Å². The maximum absolute atomic E-state index is 12.8. The smallest absolute Gasteiger partial charge is 0.407 e. The van der Waals surface area contributed by atoms with E-state index in [-0.39, 0.29) is 44.1 Å². The molecule has 55 heavy (non-hydrogen) atoms. The highest BCUT2D eigenvalue weighted by atomic mass is 16.7. The SMILES string of the molecule is CCCCCCCCOC(CCC(=O)OCc1cc(C)cc(COC(=O)CCC(CCCCCC)OC(=O)NCCN(C)CC)c1)OCCCCCCCC. The molecule has 0 saturated carbocycles. The summed E-state index contributed by atoms with van der Waals surface area (Å²) in [5, 5.41) is 2.82. The van der Waals surface area contributed by atoms with Gasteiger partial charge in [0.25, 0.3) is 0 Å². The Labute approximate surface area is 335 Å². The number of unbranched alkanes of at least 4 members (excludes halogenated alkanes) is 13. The van der Waals surface area contributed by atoms with Crippen molar-refractivity contribution >= 4 is 18.0 Å². The van der Waals surface area contributed by atoms with Gasteiger partial charge >= 0.3 is 18.0 Å². The Morgan fingerprint density at radius 2 is 1.13 bits per heavy atom. The molecule has 0 radical (unpaired) electrons. The fourth-order valence-electron chi connectivity index (χ4n) is 6.27. The van der Waals surface area contributed by atoms with Crippen molar-refractivity contribution in [3.63, 3.8) is 0 Å². The van der Waals surface area contributed by atoms with Gasteiger partial charge < -0.3 is 33.9 Å². The Morgan fingerprint density at radius 1 is 0.636 bits per heavy atom. The molecule has 1 rings (SSSR count). The van der Waals surface area contributed by atoms with Crippen LogP contribution >= 0.6 is 0 Å². The zero-order valence-electron chi connectivity index (χ0n) is 35.9. The van der Waals surface area contributed by atoms with Gasteiger partial charge in [-0.1, -0.05) is 129 Å². The minimum absolute atomic E-state index is 0.114. The Kier molecular flexibility index (Phi) is 31.6. The number of benzene rings is 1. The number of likely N-dealkylation sites (N-methyl/N-ethyl adjacent to an activating group) is 1.